The molecule has 0 bridgehead atoms. The van der Waals surface area contributed by atoms with E-state index < -0.39 is 0 Å². The Morgan fingerprint density at radius 2 is 2.23 bits per heavy atom. The van der Waals surface area contributed by atoms with Crippen LogP contribution < -0.4 is 0 Å². The number of ether oxygens (including phenoxy) is 1. The Balaban J connectivity index is 1.72. The molecule has 26 heavy (non-hydrogen) atoms. The Bertz CT molecular complexity index is 724. The number of aromatic nitrogens is 2. The van der Waals surface area contributed by atoms with E-state index in [0.717, 1.165) is 36.3 Å². The molecular formula is C21H27N3O2. The van der Waals surface area contributed by atoms with E-state index in [1.807, 2.05) is 39.0 Å². The first-order valence-electron chi connectivity index (χ1n) is 8.93. The molecule has 0 amide bonds. The predicted octanol–water partition coefficient (Wildman–Crippen LogP) is 4.38. The number of carbonyl (C=O) groups excluding carboxylic acids is 1. The van der Waals surface area contributed by atoms with E-state index in [0.29, 0.717) is 12.5 Å². The van der Waals surface area contributed by atoms with E-state index >= 15 is 0 Å². The van der Waals surface area contributed by atoms with Crippen molar-refractivity contribution in [2.75, 3.05) is 6.61 Å². The van der Waals surface area contributed by atoms with Crippen molar-refractivity contribution in [2.24, 2.45) is 16.8 Å². The fourth-order valence-corrected chi connectivity index (χ4v) is 2.41. The molecule has 0 aromatic carbocycles. The van der Waals surface area contributed by atoms with Gasteiger partial charge in [-0.25, -0.2) is 0 Å². The van der Waals surface area contributed by atoms with Gasteiger partial charge in [0.25, 0.3) is 0 Å². The Kier molecular flexibility index (Phi) is 7.80. The minimum atomic E-state index is 0.239. The molecule has 1 N–H and O–H groups in total. The Morgan fingerprint density at radius 1 is 1.38 bits per heavy atom. The van der Waals surface area contributed by atoms with Gasteiger partial charge in [0, 0.05) is 18.5 Å². The second kappa shape index (κ2) is 10.3. The van der Waals surface area contributed by atoms with Gasteiger partial charge in [-0.05, 0) is 44.7 Å². The van der Waals surface area contributed by atoms with Gasteiger partial charge in [0.15, 0.2) is 0 Å². The van der Waals surface area contributed by atoms with Crippen molar-refractivity contribution in [3.8, 4) is 0 Å². The molecule has 1 aliphatic rings. The molecule has 2 atom stereocenters. The summed E-state index contributed by atoms with van der Waals surface area (Å²) in [6, 6.07) is 1.88. The average molecular weight is 353 g/mol. The van der Waals surface area contributed by atoms with Crippen LogP contribution in [0.5, 0.6) is 0 Å². The van der Waals surface area contributed by atoms with E-state index in [4.69, 9.17) is 4.74 Å². The minimum absolute atomic E-state index is 0.239. The molecule has 0 saturated heterocycles. The third-order valence-electron chi connectivity index (χ3n) is 4.27. The maximum Gasteiger partial charge on any atom is 0.123 e. The van der Waals surface area contributed by atoms with Crippen LogP contribution in [0.25, 0.3) is 0 Å². The zero-order valence-corrected chi connectivity index (χ0v) is 15.7. The van der Waals surface area contributed by atoms with E-state index in [1.54, 1.807) is 12.4 Å². The van der Waals surface area contributed by atoms with Gasteiger partial charge in [-0.3, -0.25) is 10.1 Å². The SMILES string of the molecule is C\C=C(/C=C\C=C\C1CC1C=O)CCO/C(C)=C/N=C(\C)c1ccn[nH]1. The molecule has 2 unspecified atom stereocenters. The second-order valence-electron chi connectivity index (χ2n) is 6.33. The number of H-pyrrole nitrogens is 1. The van der Waals surface area contributed by atoms with Gasteiger partial charge in [0.05, 0.1) is 24.2 Å². The van der Waals surface area contributed by atoms with Gasteiger partial charge in [-0.15, -0.1) is 0 Å². The largest absolute Gasteiger partial charge is 0.496 e. The molecule has 138 valence electrons. The lowest BCUT2D eigenvalue weighted by Crippen LogP contribution is -1.96. The first kappa shape index (κ1) is 19.6. The van der Waals surface area contributed by atoms with E-state index in [9.17, 15) is 4.79 Å². The van der Waals surface area contributed by atoms with Crippen molar-refractivity contribution in [1.29, 1.82) is 0 Å². The lowest BCUT2D eigenvalue weighted by atomic mass is 10.1. The fourth-order valence-electron chi connectivity index (χ4n) is 2.41. The van der Waals surface area contributed by atoms with Crippen LogP contribution in [0, 0.1) is 11.8 Å². The van der Waals surface area contributed by atoms with Gasteiger partial charge >= 0.3 is 0 Å². The summed E-state index contributed by atoms with van der Waals surface area (Å²) in [4.78, 5) is 15.0. The fraction of sp³-hybridized carbons (Fsp3) is 0.381. The van der Waals surface area contributed by atoms with Crippen molar-refractivity contribution in [2.45, 2.75) is 33.6 Å². The molecule has 1 aliphatic carbocycles. The zero-order chi connectivity index (χ0) is 18.8. The summed E-state index contributed by atoms with van der Waals surface area (Å²) in [5, 5.41) is 6.79. The van der Waals surface area contributed by atoms with Crippen LogP contribution in [0.1, 0.15) is 39.3 Å². The number of nitrogens with zero attached hydrogens (tertiary/aromatic N) is 2. The summed E-state index contributed by atoms with van der Waals surface area (Å²) >= 11 is 0. The van der Waals surface area contributed by atoms with Crippen molar-refractivity contribution < 1.29 is 9.53 Å². The third kappa shape index (κ3) is 6.67. The lowest BCUT2D eigenvalue weighted by Gasteiger charge is -2.06. The molecule has 2 rings (SSSR count). The number of aldehydes is 1. The van der Waals surface area contributed by atoms with Crippen LogP contribution in [0.15, 0.2) is 65.2 Å². The number of aromatic amines is 1. The molecule has 1 aromatic rings. The average Bonchev–Trinajstić information content (AvgIpc) is 3.18. The highest BCUT2D eigenvalue weighted by atomic mass is 16.5. The molecule has 1 saturated carbocycles. The van der Waals surface area contributed by atoms with Gasteiger partial charge in [0.2, 0.25) is 0 Å². The van der Waals surface area contributed by atoms with Gasteiger partial charge in [-0.2, -0.15) is 5.10 Å². The van der Waals surface area contributed by atoms with E-state index in [-0.39, 0.29) is 5.92 Å². The number of aliphatic imine (C=N–C) groups is 1. The Morgan fingerprint density at radius 3 is 2.88 bits per heavy atom. The van der Waals surface area contributed by atoms with Crippen LogP contribution in [0.2, 0.25) is 0 Å². The molecule has 5 nitrogen and oxygen atoms in total. The number of rotatable bonds is 10. The summed E-state index contributed by atoms with van der Waals surface area (Å²) < 4.78 is 5.72. The van der Waals surface area contributed by atoms with Gasteiger partial charge in [-0.1, -0.05) is 30.4 Å². The van der Waals surface area contributed by atoms with Crippen molar-refractivity contribution in [1.82, 2.24) is 10.2 Å². The highest BCUT2D eigenvalue weighted by Gasteiger charge is 2.33. The molecular weight excluding hydrogens is 326 g/mol. The van der Waals surface area contributed by atoms with Crippen molar-refractivity contribution in [3.05, 3.63) is 65.9 Å². The number of nitrogens with one attached hydrogen (secondary N) is 1. The Hall–Kier alpha value is -2.69. The maximum atomic E-state index is 10.6. The van der Waals surface area contributed by atoms with Gasteiger partial charge in [0.1, 0.15) is 12.0 Å². The quantitative estimate of drug-likeness (QED) is 0.294. The standard InChI is InChI=1S/C21H27N3O2/c1-4-18(7-5-6-8-19-13-20(19)15-25)10-12-26-16(2)14-22-17(3)21-9-11-23-24-21/h4-9,11,14-15,19-20H,10,12-13H2,1-3H3,(H,23,24)/b7-5-,8-6+,16-14+,18-4+,22-17+. The number of carbonyl (C=O) groups is 1. The smallest absolute Gasteiger partial charge is 0.123 e. The molecule has 0 aliphatic heterocycles. The third-order valence-corrected chi connectivity index (χ3v) is 4.27. The number of hydrogen-bond donors (Lipinski definition) is 1. The van der Waals surface area contributed by atoms with Crippen LogP contribution >= 0.6 is 0 Å². The van der Waals surface area contributed by atoms with Gasteiger partial charge < -0.3 is 9.53 Å². The summed E-state index contributed by atoms with van der Waals surface area (Å²) in [5.41, 5.74) is 2.97. The predicted molar refractivity (Wildman–Crippen MR) is 105 cm³/mol. The topological polar surface area (TPSA) is 67.3 Å². The van der Waals surface area contributed by atoms with Crippen LogP contribution in [-0.2, 0) is 9.53 Å². The summed E-state index contributed by atoms with van der Waals surface area (Å²) in [7, 11) is 0. The molecule has 0 radical (unpaired) electrons. The van der Waals surface area contributed by atoms with Crippen LogP contribution in [-0.4, -0.2) is 28.8 Å². The van der Waals surface area contributed by atoms with Crippen LogP contribution in [0.4, 0.5) is 0 Å². The zero-order valence-electron chi connectivity index (χ0n) is 15.7. The molecule has 1 fully saturated rings. The normalized spacial score (nSPS) is 21.6. The molecule has 5 heteroatoms. The highest BCUT2D eigenvalue weighted by Crippen LogP contribution is 2.37. The van der Waals surface area contributed by atoms with E-state index in [2.05, 4.69) is 33.4 Å². The summed E-state index contributed by atoms with van der Waals surface area (Å²) in [5.74, 6) is 1.45. The van der Waals surface area contributed by atoms with E-state index in [1.165, 1.54) is 5.57 Å². The van der Waals surface area contributed by atoms with Crippen molar-refractivity contribution >= 4 is 12.0 Å². The maximum absolute atomic E-state index is 10.6. The minimum Gasteiger partial charge on any atom is -0.496 e. The summed E-state index contributed by atoms with van der Waals surface area (Å²) in [6.45, 7) is 6.45. The first-order chi connectivity index (χ1) is 12.6. The number of hydrogen-bond acceptors (Lipinski definition) is 4. The van der Waals surface area contributed by atoms with Crippen molar-refractivity contribution in [3.63, 3.8) is 0 Å². The summed E-state index contributed by atoms with van der Waals surface area (Å²) in [6.07, 6.45) is 16.6. The molecule has 1 heterocycles. The number of allylic oxidation sites excluding steroid dienone is 6. The second-order valence-corrected chi connectivity index (χ2v) is 6.33. The van der Waals surface area contributed by atoms with Crippen LogP contribution in [0.3, 0.4) is 0 Å². The lowest BCUT2D eigenvalue weighted by molar-refractivity contribution is -0.109. The molecule has 1 aromatic heterocycles. The Labute approximate surface area is 155 Å². The molecule has 0 spiro atoms. The monoisotopic (exact) mass is 353 g/mol. The highest BCUT2D eigenvalue weighted by molar-refractivity contribution is 5.97. The first-order valence-corrected chi connectivity index (χ1v) is 8.93.